The first kappa shape index (κ1) is 23.4. The van der Waals surface area contributed by atoms with Crippen molar-refractivity contribution in [1.29, 1.82) is 0 Å². The Morgan fingerprint density at radius 2 is 1.66 bits per heavy atom. The van der Waals surface area contributed by atoms with E-state index >= 15 is 0 Å². The van der Waals surface area contributed by atoms with E-state index in [-0.39, 0.29) is 11.8 Å². The van der Waals surface area contributed by atoms with Gasteiger partial charge in [-0.1, -0.05) is 72.4 Å². The molecule has 3 heterocycles. The number of rotatable bonds is 9. The van der Waals surface area contributed by atoms with Crippen LogP contribution in [-0.4, -0.2) is 51.5 Å². The molecule has 7 nitrogen and oxygen atoms in total. The molecule has 2 aromatic heterocycles. The van der Waals surface area contributed by atoms with Gasteiger partial charge in [0, 0.05) is 32.0 Å². The Morgan fingerprint density at radius 1 is 1.00 bits per heavy atom. The van der Waals surface area contributed by atoms with E-state index in [0.717, 1.165) is 46.2 Å². The maximum atomic E-state index is 12.9. The van der Waals surface area contributed by atoms with Gasteiger partial charge in [-0.05, 0) is 30.2 Å². The molecular weight excluding hydrogens is 456 g/mol. The van der Waals surface area contributed by atoms with Gasteiger partial charge in [-0.15, -0.1) is 0 Å². The zero-order chi connectivity index (χ0) is 24.0. The van der Waals surface area contributed by atoms with Gasteiger partial charge in [0.2, 0.25) is 5.91 Å². The number of aromatic nitrogens is 4. The van der Waals surface area contributed by atoms with E-state index in [4.69, 9.17) is 9.97 Å². The van der Waals surface area contributed by atoms with Gasteiger partial charge in [-0.3, -0.25) is 4.79 Å². The normalized spacial score (nSPS) is 13.6. The Morgan fingerprint density at radius 3 is 2.29 bits per heavy atom. The molecular formula is C27H30N6OS. The van der Waals surface area contributed by atoms with Crippen LogP contribution in [0.25, 0.3) is 11.0 Å². The Kier molecular flexibility index (Phi) is 7.28. The van der Waals surface area contributed by atoms with Crippen LogP contribution in [-0.2, 0) is 11.3 Å². The molecule has 0 aliphatic carbocycles. The zero-order valence-electron chi connectivity index (χ0n) is 19.9. The van der Waals surface area contributed by atoms with Crippen LogP contribution < -0.4 is 10.2 Å². The van der Waals surface area contributed by atoms with Crippen LogP contribution in [0.2, 0.25) is 0 Å². The van der Waals surface area contributed by atoms with Gasteiger partial charge in [0.1, 0.15) is 5.82 Å². The third kappa shape index (κ3) is 5.32. The van der Waals surface area contributed by atoms with E-state index in [0.29, 0.717) is 19.5 Å². The van der Waals surface area contributed by atoms with Crippen LogP contribution in [0.1, 0.15) is 36.3 Å². The van der Waals surface area contributed by atoms with E-state index in [1.54, 1.807) is 11.8 Å². The number of thioether (sulfide) groups is 1. The third-order valence-electron chi connectivity index (χ3n) is 6.48. The van der Waals surface area contributed by atoms with Crippen molar-refractivity contribution in [3.8, 4) is 0 Å². The first-order chi connectivity index (χ1) is 17.2. The highest BCUT2D eigenvalue weighted by molar-refractivity contribution is 7.98. The number of fused-ring (bicyclic) bond motifs is 1. The summed E-state index contributed by atoms with van der Waals surface area (Å²) in [5.74, 6) is 1.01. The standard InChI is InChI=1S/C27H30N6OS/c1-35-27-30-25(32-15-8-9-16-32)23-19-29-33(26(23)31-27)17-14-28-24(34)18-22(20-10-4-2-5-11-20)21-12-6-3-7-13-21/h2-7,10-13,19,22H,8-9,14-18H2,1H3,(H,28,34). The van der Waals surface area contributed by atoms with E-state index in [2.05, 4.69) is 39.6 Å². The highest BCUT2D eigenvalue weighted by Gasteiger charge is 2.21. The Hall–Kier alpha value is -3.39. The summed E-state index contributed by atoms with van der Waals surface area (Å²) in [6, 6.07) is 20.4. The molecule has 1 fully saturated rings. The van der Waals surface area contributed by atoms with Crippen LogP contribution in [0.5, 0.6) is 0 Å². The topological polar surface area (TPSA) is 75.9 Å². The Bertz CT molecular complexity index is 1230. The lowest BCUT2D eigenvalue weighted by Gasteiger charge is -2.18. The molecule has 8 heteroatoms. The van der Waals surface area contributed by atoms with Crippen LogP contribution >= 0.6 is 11.8 Å². The number of anilines is 1. The second-order valence-corrected chi connectivity index (χ2v) is 9.53. The van der Waals surface area contributed by atoms with Crippen molar-refractivity contribution in [1.82, 2.24) is 25.1 Å². The molecule has 0 unspecified atom stereocenters. The van der Waals surface area contributed by atoms with Gasteiger partial charge in [-0.2, -0.15) is 5.10 Å². The lowest BCUT2D eigenvalue weighted by molar-refractivity contribution is -0.121. The predicted molar refractivity (Wildman–Crippen MR) is 141 cm³/mol. The summed E-state index contributed by atoms with van der Waals surface area (Å²) in [6.07, 6.45) is 6.62. The van der Waals surface area contributed by atoms with Gasteiger partial charge >= 0.3 is 0 Å². The first-order valence-corrected chi connectivity index (χ1v) is 13.3. The molecule has 0 atom stereocenters. The fourth-order valence-electron chi connectivity index (χ4n) is 4.70. The molecule has 4 aromatic rings. The maximum Gasteiger partial charge on any atom is 0.221 e. The van der Waals surface area contributed by atoms with Crippen molar-refractivity contribution < 1.29 is 4.79 Å². The largest absolute Gasteiger partial charge is 0.356 e. The van der Waals surface area contributed by atoms with Crippen molar-refractivity contribution >= 4 is 34.5 Å². The summed E-state index contributed by atoms with van der Waals surface area (Å²) in [4.78, 5) is 24.8. The minimum absolute atomic E-state index is 0.0165. The van der Waals surface area contributed by atoms with Crippen molar-refractivity contribution in [2.24, 2.45) is 0 Å². The predicted octanol–water partition coefficient (Wildman–Crippen LogP) is 4.49. The molecule has 35 heavy (non-hydrogen) atoms. The molecule has 1 saturated heterocycles. The summed E-state index contributed by atoms with van der Waals surface area (Å²) >= 11 is 1.54. The smallest absolute Gasteiger partial charge is 0.221 e. The second kappa shape index (κ2) is 10.9. The van der Waals surface area contributed by atoms with E-state index in [9.17, 15) is 4.79 Å². The van der Waals surface area contributed by atoms with Gasteiger partial charge in [0.05, 0.1) is 18.1 Å². The summed E-state index contributed by atoms with van der Waals surface area (Å²) in [7, 11) is 0. The second-order valence-electron chi connectivity index (χ2n) is 8.76. The van der Waals surface area contributed by atoms with Crippen LogP contribution in [0.3, 0.4) is 0 Å². The summed E-state index contributed by atoms with van der Waals surface area (Å²) < 4.78 is 1.88. The lowest BCUT2D eigenvalue weighted by atomic mass is 9.88. The van der Waals surface area contributed by atoms with Crippen molar-refractivity contribution in [3.63, 3.8) is 0 Å². The van der Waals surface area contributed by atoms with Gasteiger partial charge in [-0.25, -0.2) is 14.6 Å². The zero-order valence-corrected chi connectivity index (χ0v) is 20.7. The minimum Gasteiger partial charge on any atom is -0.356 e. The number of carbonyl (C=O) groups is 1. The van der Waals surface area contributed by atoms with E-state index in [1.807, 2.05) is 53.5 Å². The van der Waals surface area contributed by atoms with Crippen molar-refractivity contribution in [2.75, 3.05) is 30.8 Å². The molecule has 0 saturated carbocycles. The molecule has 2 aromatic carbocycles. The summed E-state index contributed by atoms with van der Waals surface area (Å²) in [5, 5.41) is 9.40. The average Bonchev–Trinajstić information content (AvgIpc) is 3.58. The number of nitrogens with zero attached hydrogens (tertiary/aromatic N) is 5. The Balaban J connectivity index is 1.27. The van der Waals surface area contributed by atoms with E-state index in [1.165, 1.54) is 12.8 Å². The number of nitrogens with one attached hydrogen (secondary N) is 1. The van der Waals surface area contributed by atoms with Crippen LogP contribution in [0.4, 0.5) is 5.82 Å². The Labute approximate surface area is 210 Å². The molecule has 5 rings (SSSR count). The highest BCUT2D eigenvalue weighted by atomic mass is 32.2. The van der Waals surface area contributed by atoms with Crippen molar-refractivity contribution in [3.05, 3.63) is 78.0 Å². The molecule has 0 radical (unpaired) electrons. The fourth-order valence-corrected chi connectivity index (χ4v) is 5.06. The molecule has 0 bridgehead atoms. The number of benzene rings is 2. The molecule has 1 aliphatic heterocycles. The number of amides is 1. The van der Waals surface area contributed by atoms with Gasteiger partial charge in [0.25, 0.3) is 0 Å². The van der Waals surface area contributed by atoms with Crippen LogP contribution in [0, 0.1) is 0 Å². The summed E-state index contributed by atoms with van der Waals surface area (Å²) in [5.41, 5.74) is 3.11. The molecule has 180 valence electrons. The van der Waals surface area contributed by atoms with Crippen molar-refractivity contribution in [2.45, 2.75) is 36.9 Å². The van der Waals surface area contributed by atoms with Crippen LogP contribution in [0.15, 0.2) is 72.0 Å². The summed E-state index contributed by atoms with van der Waals surface area (Å²) in [6.45, 7) is 3.08. The SMILES string of the molecule is CSc1nc(N2CCCC2)c2cnn(CCNC(=O)CC(c3ccccc3)c3ccccc3)c2n1. The van der Waals surface area contributed by atoms with Gasteiger partial charge < -0.3 is 10.2 Å². The number of hydrogen-bond donors (Lipinski definition) is 1. The highest BCUT2D eigenvalue weighted by Crippen LogP contribution is 2.29. The quantitative estimate of drug-likeness (QED) is 0.278. The lowest BCUT2D eigenvalue weighted by Crippen LogP contribution is -2.29. The maximum absolute atomic E-state index is 12.9. The fraction of sp³-hybridized carbons (Fsp3) is 0.333. The average molecular weight is 487 g/mol. The number of hydrogen-bond acceptors (Lipinski definition) is 6. The van der Waals surface area contributed by atoms with Gasteiger partial charge in [0.15, 0.2) is 10.8 Å². The molecule has 1 aliphatic rings. The molecule has 0 spiro atoms. The molecule has 1 N–H and O–H groups in total. The first-order valence-electron chi connectivity index (χ1n) is 12.1. The van der Waals surface area contributed by atoms with E-state index < -0.39 is 0 Å². The monoisotopic (exact) mass is 486 g/mol. The molecule has 1 amide bonds. The minimum atomic E-state index is 0.0165. The number of carbonyl (C=O) groups excluding carboxylic acids is 1. The third-order valence-corrected chi connectivity index (χ3v) is 7.03.